The summed E-state index contributed by atoms with van der Waals surface area (Å²) in [5, 5.41) is 22.0. The van der Waals surface area contributed by atoms with Gasteiger partial charge in [-0.2, -0.15) is 0 Å². The van der Waals surface area contributed by atoms with E-state index in [1.165, 1.54) is 16.7 Å². The number of hydrogen-bond donors (Lipinski definition) is 4. The van der Waals surface area contributed by atoms with Gasteiger partial charge in [0.15, 0.2) is 0 Å². The average Bonchev–Trinajstić information content (AvgIpc) is 3.20. The van der Waals surface area contributed by atoms with Gasteiger partial charge in [-0.05, 0) is 84.0 Å². The number of rotatable bonds is 11. The van der Waals surface area contributed by atoms with Crippen molar-refractivity contribution in [3.8, 4) is 16.9 Å². The van der Waals surface area contributed by atoms with Crippen molar-refractivity contribution < 1.29 is 19.5 Å². The average molecular weight is 520 g/mol. The summed E-state index contributed by atoms with van der Waals surface area (Å²) in [6.07, 6.45) is -0.397. The SMILES string of the molecule is Cc1cc(OCC[C@@H](O)CO)cc(C)c1-c1cccc(CNc2ccc(Cn3oc(=O)[nH]c3=O)cc2)c1C. The Hall–Kier alpha value is -4.08. The van der Waals surface area contributed by atoms with Crippen molar-refractivity contribution in [2.24, 2.45) is 0 Å². The molecule has 9 heteroatoms. The number of anilines is 1. The van der Waals surface area contributed by atoms with Crippen molar-refractivity contribution in [3.63, 3.8) is 0 Å². The van der Waals surface area contributed by atoms with E-state index in [1.807, 2.05) is 36.4 Å². The lowest BCUT2D eigenvalue weighted by molar-refractivity contribution is 0.0754. The molecule has 4 N–H and O–H groups in total. The summed E-state index contributed by atoms with van der Waals surface area (Å²) in [5.41, 5.74) is 8.08. The van der Waals surface area contributed by atoms with Crippen LogP contribution in [0.4, 0.5) is 5.69 Å². The molecule has 0 unspecified atom stereocenters. The molecule has 0 saturated heterocycles. The normalized spacial score (nSPS) is 11.9. The molecule has 0 fully saturated rings. The minimum Gasteiger partial charge on any atom is -0.493 e. The van der Waals surface area contributed by atoms with Gasteiger partial charge in [0.2, 0.25) is 0 Å². The Labute approximate surface area is 220 Å². The van der Waals surface area contributed by atoms with Gasteiger partial charge in [-0.1, -0.05) is 30.3 Å². The summed E-state index contributed by atoms with van der Waals surface area (Å²) in [5.74, 6) is -0.0214. The van der Waals surface area contributed by atoms with Crippen LogP contribution in [0.15, 0.2) is 68.7 Å². The third kappa shape index (κ3) is 6.42. The monoisotopic (exact) mass is 519 g/mol. The molecule has 1 heterocycles. The summed E-state index contributed by atoms with van der Waals surface area (Å²) in [6, 6.07) is 17.9. The Morgan fingerprint density at radius 2 is 1.76 bits per heavy atom. The van der Waals surface area contributed by atoms with Gasteiger partial charge in [0, 0.05) is 18.7 Å². The maximum atomic E-state index is 11.6. The van der Waals surface area contributed by atoms with Crippen LogP contribution in [0, 0.1) is 20.8 Å². The predicted octanol–water partition coefficient (Wildman–Crippen LogP) is 3.50. The highest BCUT2D eigenvalue weighted by atomic mass is 16.5. The number of aliphatic hydroxyl groups excluding tert-OH is 2. The molecule has 9 nitrogen and oxygen atoms in total. The highest BCUT2D eigenvalue weighted by molar-refractivity contribution is 5.75. The molecule has 1 atom stereocenters. The number of nitrogens with zero attached hydrogens (tertiary/aromatic N) is 1. The van der Waals surface area contributed by atoms with Crippen LogP contribution in [0.25, 0.3) is 11.1 Å². The maximum Gasteiger partial charge on any atom is 0.440 e. The van der Waals surface area contributed by atoms with Gasteiger partial charge < -0.3 is 24.8 Å². The maximum absolute atomic E-state index is 11.6. The molecule has 4 aromatic rings. The van der Waals surface area contributed by atoms with E-state index in [-0.39, 0.29) is 13.2 Å². The number of ether oxygens (including phenoxy) is 1. The second-order valence-electron chi connectivity index (χ2n) is 9.39. The number of hydrogen-bond acceptors (Lipinski definition) is 7. The number of H-pyrrole nitrogens is 1. The first-order valence-corrected chi connectivity index (χ1v) is 12.5. The zero-order valence-electron chi connectivity index (χ0n) is 21.8. The predicted molar refractivity (Wildman–Crippen MR) is 146 cm³/mol. The molecule has 0 bridgehead atoms. The van der Waals surface area contributed by atoms with Crippen molar-refractivity contribution in [2.45, 2.75) is 46.4 Å². The standard InChI is InChI=1S/C29H33N3O6/c1-18-13-25(37-12-11-24(34)17-33)14-19(2)27(18)26-6-4-5-22(20(26)3)15-30-23-9-7-21(8-10-23)16-32-28(35)31-29(36)38-32/h4-10,13-14,24,30,33-34H,11-12,15-17H2,1-3H3,(H,31,35,36)/t24-/m1/s1. The molecule has 200 valence electrons. The van der Waals surface area contributed by atoms with E-state index in [9.17, 15) is 14.7 Å². The molecule has 0 saturated carbocycles. The van der Waals surface area contributed by atoms with Crippen LogP contribution in [0.2, 0.25) is 0 Å². The van der Waals surface area contributed by atoms with Gasteiger partial charge in [0.1, 0.15) is 5.75 Å². The number of aromatic amines is 1. The summed E-state index contributed by atoms with van der Waals surface area (Å²) >= 11 is 0. The quantitative estimate of drug-likeness (QED) is 0.239. The van der Waals surface area contributed by atoms with Crippen molar-refractivity contribution in [1.82, 2.24) is 9.72 Å². The minimum absolute atomic E-state index is 0.173. The lowest BCUT2D eigenvalue weighted by Crippen LogP contribution is -2.17. The van der Waals surface area contributed by atoms with E-state index in [1.54, 1.807) is 0 Å². The third-order valence-corrected chi connectivity index (χ3v) is 6.54. The summed E-state index contributed by atoms with van der Waals surface area (Å²) in [6.45, 7) is 7.13. The molecule has 0 spiro atoms. The Morgan fingerprint density at radius 3 is 2.39 bits per heavy atom. The van der Waals surface area contributed by atoms with Gasteiger partial charge in [0.05, 0.1) is 25.9 Å². The first-order chi connectivity index (χ1) is 18.2. The van der Waals surface area contributed by atoms with Gasteiger partial charge in [0.25, 0.3) is 0 Å². The highest BCUT2D eigenvalue weighted by Crippen LogP contribution is 2.34. The number of nitrogens with one attached hydrogen (secondary N) is 2. The zero-order chi connectivity index (χ0) is 27.2. The number of aromatic nitrogens is 2. The zero-order valence-corrected chi connectivity index (χ0v) is 21.8. The molecule has 38 heavy (non-hydrogen) atoms. The molecule has 0 aliphatic carbocycles. The van der Waals surface area contributed by atoms with Crippen molar-refractivity contribution in [2.75, 3.05) is 18.5 Å². The van der Waals surface area contributed by atoms with Gasteiger partial charge in [-0.25, -0.2) is 14.6 Å². The molecule has 4 rings (SSSR count). The lowest BCUT2D eigenvalue weighted by Gasteiger charge is -2.18. The van der Waals surface area contributed by atoms with Crippen molar-refractivity contribution in [3.05, 3.63) is 103 Å². The Bertz CT molecular complexity index is 1480. The molecular weight excluding hydrogens is 486 g/mol. The summed E-state index contributed by atoms with van der Waals surface area (Å²) in [4.78, 5) is 24.9. The molecule has 1 aromatic heterocycles. The summed E-state index contributed by atoms with van der Waals surface area (Å²) < 4.78 is 11.6. The number of aliphatic hydroxyl groups is 2. The first kappa shape index (κ1) is 27.0. The van der Waals surface area contributed by atoms with Crippen molar-refractivity contribution >= 4 is 5.69 Å². The largest absolute Gasteiger partial charge is 0.493 e. The Balaban J connectivity index is 1.44. The molecule has 3 aromatic carbocycles. The van der Waals surface area contributed by atoms with Gasteiger partial charge in [-0.15, -0.1) is 4.74 Å². The van der Waals surface area contributed by atoms with Gasteiger partial charge >= 0.3 is 11.4 Å². The topological polar surface area (TPSA) is 130 Å². The number of benzene rings is 3. The lowest BCUT2D eigenvalue weighted by atomic mass is 9.90. The Morgan fingerprint density at radius 1 is 1.05 bits per heavy atom. The second-order valence-corrected chi connectivity index (χ2v) is 9.39. The van der Waals surface area contributed by atoms with Crippen LogP contribution in [-0.4, -0.2) is 39.3 Å². The van der Waals surface area contributed by atoms with E-state index in [0.717, 1.165) is 38.4 Å². The Kier molecular flexibility index (Phi) is 8.50. The van der Waals surface area contributed by atoms with Crippen LogP contribution in [0.5, 0.6) is 5.75 Å². The van der Waals surface area contributed by atoms with E-state index in [2.05, 4.69) is 49.3 Å². The van der Waals surface area contributed by atoms with Crippen LogP contribution in [0.1, 0.15) is 34.2 Å². The van der Waals surface area contributed by atoms with E-state index in [0.29, 0.717) is 19.6 Å². The fraction of sp³-hybridized carbons (Fsp3) is 0.310. The second kappa shape index (κ2) is 12.0. The number of aryl methyl sites for hydroxylation is 2. The summed E-state index contributed by atoms with van der Waals surface area (Å²) in [7, 11) is 0. The van der Waals surface area contributed by atoms with E-state index in [4.69, 9.17) is 14.4 Å². The molecule has 0 amide bonds. The minimum atomic E-state index is -0.770. The van der Waals surface area contributed by atoms with Crippen molar-refractivity contribution in [1.29, 1.82) is 0 Å². The van der Waals surface area contributed by atoms with Gasteiger partial charge in [-0.3, -0.25) is 0 Å². The molecular formula is C29H33N3O6. The molecule has 0 aliphatic heterocycles. The highest BCUT2D eigenvalue weighted by Gasteiger charge is 2.13. The van der Waals surface area contributed by atoms with E-state index >= 15 is 0 Å². The van der Waals surface area contributed by atoms with E-state index < -0.39 is 17.5 Å². The van der Waals surface area contributed by atoms with Crippen LogP contribution in [0.3, 0.4) is 0 Å². The van der Waals surface area contributed by atoms with Crippen LogP contribution in [-0.2, 0) is 13.1 Å². The molecule has 0 aliphatic rings. The third-order valence-electron chi connectivity index (χ3n) is 6.54. The van der Waals surface area contributed by atoms with Crippen LogP contribution >= 0.6 is 0 Å². The molecule has 0 radical (unpaired) electrons. The fourth-order valence-corrected chi connectivity index (χ4v) is 4.49. The van der Waals surface area contributed by atoms with Crippen LogP contribution < -0.4 is 21.5 Å². The fourth-order valence-electron chi connectivity index (χ4n) is 4.49. The first-order valence-electron chi connectivity index (χ1n) is 12.5. The smallest absolute Gasteiger partial charge is 0.440 e.